The highest BCUT2D eigenvalue weighted by molar-refractivity contribution is 5.92. The van der Waals surface area contributed by atoms with Gasteiger partial charge in [0.05, 0.1) is 49.4 Å². The van der Waals surface area contributed by atoms with Gasteiger partial charge in [-0.3, -0.25) is 33.5 Å². The van der Waals surface area contributed by atoms with Crippen LogP contribution in [0.1, 0.15) is 26.0 Å². The van der Waals surface area contributed by atoms with Gasteiger partial charge in [0.2, 0.25) is 11.9 Å². The van der Waals surface area contributed by atoms with Gasteiger partial charge in [0.15, 0.2) is 5.78 Å². The van der Waals surface area contributed by atoms with E-state index in [1.165, 1.54) is 9.13 Å². The van der Waals surface area contributed by atoms with E-state index < -0.39 is 6.10 Å². The number of aromatic nitrogens is 6. The first-order chi connectivity index (χ1) is 36.1. The summed E-state index contributed by atoms with van der Waals surface area (Å²) in [5, 5.41) is 21.2. The molecule has 0 amide bonds. The minimum atomic E-state index is -0.671. The van der Waals surface area contributed by atoms with Crippen molar-refractivity contribution in [2.75, 3.05) is 37.9 Å². The van der Waals surface area contributed by atoms with Crippen LogP contribution in [0.25, 0.3) is 66.3 Å². The van der Waals surface area contributed by atoms with Crippen LogP contribution in [0.5, 0.6) is 11.5 Å². The molecule has 14 heteroatoms. The summed E-state index contributed by atoms with van der Waals surface area (Å²) < 4.78 is 13.3. The number of rotatable bonds is 16. The standard InChI is InChI=1S/C30H28N4O3.C30H26N4O3.2CH4/c2*1-34-29(36)27(24-10-9-21-5-3-4-6-23(21)18-24)28(22-13-15-31-16-14-22)33-30(34)32-19-25(35)17-20-7-11-26(37-2)12-8-20;;/h3-16,18,25,35H,17,19H2,1-2H3,(H,32,33);3-16,18H,17,19H2,1-2H3,(H,32,33);2*1H4. The van der Waals surface area contributed by atoms with Crippen LogP contribution in [-0.2, 0) is 31.7 Å². The molecule has 4 aromatic heterocycles. The molecule has 0 fully saturated rings. The van der Waals surface area contributed by atoms with Crippen LogP contribution in [0.4, 0.5) is 11.9 Å². The Morgan fingerprint density at radius 2 is 0.961 bits per heavy atom. The quantitative estimate of drug-likeness (QED) is 0.0837. The first-order valence-corrected chi connectivity index (χ1v) is 24.0. The Kier molecular flexibility index (Phi) is 18.0. The summed E-state index contributed by atoms with van der Waals surface area (Å²) in [6.07, 6.45) is 6.76. The first kappa shape index (κ1) is 54.5. The van der Waals surface area contributed by atoms with Crippen LogP contribution in [0.2, 0.25) is 0 Å². The number of pyridine rings is 2. The topological polar surface area (TPSA) is 175 Å². The summed E-state index contributed by atoms with van der Waals surface area (Å²) >= 11 is 0. The monoisotopic (exact) mass is 1010 g/mol. The zero-order chi connectivity index (χ0) is 51.6. The van der Waals surface area contributed by atoms with Gasteiger partial charge in [-0.05, 0) is 104 Å². The van der Waals surface area contributed by atoms with Gasteiger partial charge >= 0.3 is 0 Å². The molecule has 0 aliphatic rings. The van der Waals surface area contributed by atoms with Gasteiger partial charge in [-0.2, -0.15) is 0 Å². The van der Waals surface area contributed by atoms with Crippen LogP contribution in [0.15, 0.2) is 192 Å². The van der Waals surface area contributed by atoms with Gasteiger partial charge in [-0.1, -0.05) is 112 Å². The Bertz CT molecular complexity index is 3700. The average molecular weight is 1020 g/mol. The highest BCUT2D eigenvalue weighted by atomic mass is 16.5. The molecule has 0 saturated heterocycles. The Morgan fingerprint density at radius 1 is 0.539 bits per heavy atom. The number of anilines is 2. The predicted molar refractivity (Wildman–Crippen MR) is 306 cm³/mol. The van der Waals surface area contributed by atoms with Crippen molar-refractivity contribution in [1.82, 2.24) is 29.1 Å². The number of nitrogens with zero attached hydrogens (tertiary/aromatic N) is 6. The Hall–Kier alpha value is -9.27. The van der Waals surface area contributed by atoms with Gasteiger partial charge in [-0.15, -0.1) is 0 Å². The Labute approximate surface area is 442 Å². The summed E-state index contributed by atoms with van der Waals surface area (Å²) in [5.41, 5.74) is 6.73. The number of carbonyl (C=O) groups excluding carboxylic acids is 1. The van der Waals surface area contributed by atoms with Crippen LogP contribution >= 0.6 is 0 Å². The number of ether oxygens (including phenoxy) is 2. The van der Waals surface area contributed by atoms with Crippen LogP contribution in [-0.4, -0.2) is 73.4 Å². The van der Waals surface area contributed by atoms with Crippen LogP contribution in [0, 0.1) is 0 Å². The molecule has 10 aromatic rings. The van der Waals surface area contributed by atoms with Gasteiger partial charge < -0.3 is 25.2 Å². The highest BCUT2D eigenvalue weighted by Gasteiger charge is 2.21. The molecule has 0 saturated carbocycles. The van der Waals surface area contributed by atoms with E-state index in [1.807, 2.05) is 158 Å². The van der Waals surface area contributed by atoms with Crippen molar-refractivity contribution in [3.8, 4) is 56.3 Å². The van der Waals surface area contributed by atoms with E-state index in [-0.39, 0.29) is 51.3 Å². The SMILES string of the molecule is C.C.COc1ccc(CC(=O)CNc2nc(-c3ccncc3)c(-c3ccc4ccccc4c3)c(=O)n2C)cc1.COc1ccc(CC(O)CNc2nc(-c3ccncc3)c(-c3ccc4ccccc4c3)c(=O)n2C)cc1. The van der Waals surface area contributed by atoms with E-state index >= 15 is 0 Å². The number of methoxy groups -OCH3 is 2. The predicted octanol–water partition coefficient (Wildman–Crippen LogP) is 10.9. The molecule has 14 nitrogen and oxygen atoms in total. The molecule has 10 rings (SSSR count). The number of Topliss-reactive ketones (excluding diaryl/α,β-unsaturated/α-hetero) is 1. The van der Waals surface area contributed by atoms with E-state index in [9.17, 15) is 19.5 Å². The smallest absolute Gasteiger partial charge is 0.263 e. The number of aliphatic hydroxyl groups excluding tert-OH is 1. The second kappa shape index (κ2) is 25.1. The van der Waals surface area contributed by atoms with Gasteiger partial charge in [0.1, 0.15) is 11.5 Å². The second-order valence-corrected chi connectivity index (χ2v) is 17.6. The number of benzene rings is 6. The molecule has 76 heavy (non-hydrogen) atoms. The largest absolute Gasteiger partial charge is 0.497 e. The number of fused-ring (bicyclic) bond motifs is 2. The lowest BCUT2D eigenvalue weighted by Gasteiger charge is -2.18. The third-order valence-electron chi connectivity index (χ3n) is 12.7. The number of hydrogen-bond acceptors (Lipinski definition) is 12. The maximum absolute atomic E-state index is 13.7. The lowest BCUT2D eigenvalue weighted by atomic mass is 9.98. The fourth-order valence-corrected chi connectivity index (χ4v) is 8.69. The number of carbonyl (C=O) groups is 1. The van der Waals surface area contributed by atoms with Crippen molar-refractivity contribution >= 4 is 39.2 Å². The van der Waals surface area contributed by atoms with Crippen molar-refractivity contribution in [3.05, 3.63) is 214 Å². The Morgan fingerprint density at radius 3 is 1.41 bits per heavy atom. The summed E-state index contributed by atoms with van der Waals surface area (Å²) in [6, 6.07) is 50.3. The maximum atomic E-state index is 13.7. The molecule has 6 aromatic carbocycles. The van der Waals surface area contributed by atoms with Gasteiger partial charge in [-0.25, -0.2) is 9.97 Å². The van der Waals surface area contributed by atoms with E-state index in [4.69, 9.17) is 19.4 Å². The molecule has 386 valence electrons. The molecule has 0 bridgehead atoms. The summed E-state index contributed by atoms with van der Waals surface area (Å²) in [4.78, 5) is 58.0. The van der Waals surface area contributed by atoms with Crippen LogP contribution in [0.3, 0.4) is 0 Å². The van der Waals surface area contributed by atoms with Crippen molar-refractivity contribution in [1.29, 1.82) is 0 Å². The number of nitrogens with one attached hydrogen (secondary N) is 2. The zero-order valence-corrected chi connectivity index (χ0v) is 41.4. The molecule has 3 N–H and O–H groups in total. The molecule has 0 spiro atoms. The summed E-state index contributed by atoms with van der Waals surface area (Å²) in [7, 11) is 6.57. The molecule has 1 atom stereocenters. The molecule has 0 radical (unpaired) electrons. The minimum Gasteiger partial charge on any atom is -0.497 e. The molecular formula is C62H62N8O6. The average Bonchev–Trinajstić information content (AvgIpc) is 3.44. The van der Waals surface area contributed by atoms with Crippen molar-refractivity contribution < 1.29 is 19.4 Å². The zero-order valence-electron chi connectivity index (χ0n) is 41.4. The van der Waals surface area contributed by atoms with Crippen molar-refractivity contribution in [2.24, 2.45) is 14.1 Å². The van der Waals surface area contributed by atoms with Crippen molar-refractivity contribution in [3.63, 3.8) is 0 Å². The third kappa shape index (κ3) is 12.6. The van der Waals surface area contributed by atoms with E-state index in [1.54, 1.807) is 53.1 Å². The highest BCUT2D eigenvalue weighted by Crippen LogP contribution is 2.33. The molecule has 4 heterocycles. The molecule has 0 aliphatic carbocycles. The number of hydrogen-bond donors (Lipinski definition) is 3. The van der Waals surface area contributed by atoms with Gasteiger partial charge in [0, 0.05) is 69.4 Å². The Balaban J connectivity index is 0.000000216. The minimum absolute atomic E-state index is 0. The number of aliphatic hydroxyl groups is 1. The third-order valence-corrected chi connectivity index (χ3v) is 12.7. The molecular weight excluding hydrogens is 953 g/mol. The van der Waals surface area contributed by atoms with Crippen LogP contribution < -0.4 is 31.2 Å². The normalized spacial score (nSPS) is 11.1. The lowest BCUT2D eigenvalue weighted by Crippen LogP contribution is -2.29. The molecule has 1 unspecified atom stereocenters. The van der Waals surface area contributed by atoms with E-state index in [2.05, 4.69) is 20.6 Å². The van der Waals surface area contributed by atoms with E-state index in [0.717, 1.165) is 66.4 Å². The van der Waals surface area contributed by atoms with E-state index in [0.29, 0.717) is 40.8 Å². The summed E-state index contributed by atoms with van der Waals surface area (Å²) in [6.45, 7) is 0.273. The fraction of sp³-hybridized carbons (Fsp3) is 0.177. The van der Waals surface area contributed by atoms with Gasteiger partial charge in [0.25, 0.3) is 11.1 Å². The first-order valence-electron chi connectivity index (χ1n) is 24.0. The second-order valence-electron chi connectivity index (χ2n) is 17.6. The maximum Gasteiger partial charge on any atom is 0.263 e. The lowest BCUT2D eigenvalue weighted by molar-refractivity contribution is -0.116. The molecule has 0 aliphatic heterocycles. The van der Waals surface area contributed by atoms with Crippen molar-refractivity contribution in [2.45, 2.75) is 33.8 Å². The summed E-state index contributed by atoms with van der Waals surface area (Å²) in [5.74, 6) is 2.19. The number of ketones is 1. The fourth-order valence-electron chi connectivity index (χ4n) is 8.69.